The van der Waals surface area contributed by atoms with Gasteiger partial charge >= 0.3 is 0 Å². The molecule has 2 aliphatic heterocycles. The second kappa shape index (κ2) is 9.40. The molecule has 0 radical (unpaired) electrons. The van der Waals surface area contributed by atoms with Gasteiger partial charge in [-0.3, -0.25) is 4.90 Å². The SMILES string of the molecule is CCNCC1CCN(Cc2ccc(OCC3CCCO3)cc2)CC1. The van der Waals surface area contributed by atoms with Crippen molar-refractivity contribution < 1.29 is 9.47 Å². The van der Waals surface area contributed by atoms with Gasteiger partial charge in [-0.05, 0) is 75.5 Å². The van der Waals surface area contributed by atoms with Crippen molar-refractivity contribution in [1.29, 1.82) is 0 Å². The Hall–Kier alpha value is -1.10. The number of hydrogen-bond acceptors (Lipinski definition) is 4. The van der Waals surface area contributed by atoms with Gasteiger partial charge in [-0.1, -0.05) is 19.1 Å². The van der Waals surface area contributed by atoms with Crippen molar-refractivity contribution in [2.45, 2.75) is 45.3 Å². The zero-order valence-electron chi connectivity index (χ0n) is 15.0. The van der Waals surface area contributed by atoms with E-state index in [1.807, 2.05) is 0 Å². The van der Waals surface area contributed by atoms with Crippen LogP contribution in [0.4, 0.5) is 0 Å². The Balaban J connectivity index is 1.38. The summed E-state index contributed by atoms with van der Waals surface area (Å²) in [5.41, 5.74) is 1.38. The summed E-state index contributed by atoms with van der Waals surface area (Å²) in [7, 11) is 0. The summed E-state index contributed by atoms with van der Waals surface area (Å²) in [4.78, 5) is 2.57. The Morgan fingerprint density at radius 2 is 1.96 bits per heavy atom. The number of hydrogen-bond donors (Lipinski definition) is 1. The van der Waals surface area contributed by atoms with Crippen molar-refractivity contribution in [3.8, 4) is 5.75 Å². The van der Waals surface area contributed by atoms with Crippen LogP contribution in [0.15, 0.2) is 24.3 Å². The molecule has 0 aromatic heterocycles. The van der Waals surface area contributed by atoms with Crippen LogP contribution in [0.2, 0.25) is 0 Å². The minimum atomic E-state index is 0.285. The minimum Gasteiger partial charge on any atom is -0.491 e. The first-order valence-electron chi connectivity index (χ1n) is 9.60. The normalized spacial score (nSPS) is 22.8. The number of nitrogens with one attached hydrogen (secondary N) is 1. The van der Waals surface area contributed by atoms with Crippen LogP contribution in [0.1, 0.15) is 38.2 Å². The summed E-state index contributed by atoms with van der Waals surface area (Å²) < 4.78 is 11.4. The van der Waals surface area contributed by atoms with Crippen LogP contribution in [-0.4, -0.2) is 50.4 Å². The lowest BCUT2D eigenvalue weighted by molar-refractivity contribution is 0.0679. The fraction of sp³-hybridized carbons (Fsp3) is 0.700. The number of benzene rings is 1. The molecule has 0 aliphatic carbocycles. The van der Waals surface area contributed by atoms with E-state index in [0.29, 0.717) is 6.61 Å². The summed E-state index contributed by atoms with van der Waals surface area (Å²) in [5, 5.41) is 3.48. The van der Waals surface area contributed by atoms with Crippen LogP contribution in [-0.2, 0) is 11.3 Å². The van der Waals surface area contributed by atoms with Gasteiger partial charge in [-0.2, -0.15) is 0 Å². The Kier molecular flexibility index (Phi) is 6.94. The van der Waals surface area contributed by atoms with E-state index in [1.54, 1.807) is 0 Å². The molecule has 1 atom stereocenters. The molecule has 2 aliphatic rings. The van der Waals surface area contributed by atoms with E-state index in [-0.39, 0.29) is 6.10 Å². The van der Waals surface area contributed by atoms with Crippen molar-refractivity contribution in [3.63, 3.8) is 0 Å². The highest BCUT2D eigenvalue weighted by Gasteiger charge is 2.19. The van der Waals surface area contributed by atoms with Crippen molar-refractivity contribution in [1.82, 2.24) is 10.2 Å². The fourth-order valence-electron chi connectivity index (χ4n) is 3.61. The van der Waals surface area contributed by atoms with E-state index in [2.05, 4.69) is 41.4 Å². The molecule has 2 saturated heterocycles. The molecule has 1 aromatic rings. The molecule has 134 valence electrons. The van der Waals surface area contributed by atoms with Gasteiger partial charge < -0.3 is 14.8 Å². The standard InChI is InChI=1S/C20H32N2O2/c1-2-21-14-17-9-11-22(12-10-17)15-18-5-7-19(8-6-18)24-16-20-4-3-13-23-20/h5-8,17,20-21H,2-4,9-16H2,1H3. The smallest absolute Gasteiger partial charge is 0.119 e. The molecular formula is C20H32N2O2. The third kappa shape index (κ3) is 5.47. The molecule has 1 unspecified atom stereocenters. The molecule has 0 saturated carbocycles. The topological polar surface area (TPSA) is 33.7 Å². The second-order valence-electron chi connectivity index (χ2n) is 7.12. The van der Waals surface area contributed by atoms with Gasteiger partial charge in [0, 0.05) is 13.2 Å². The van der Waals surface area contributed by atoms with E-state index in [1.165, 1.54) is 38.0 Å². The number of ether oxygens (including phenoxy) is 2. The average molecular weight is 332 g/mol. The highest BCUT2D eigenvalue weighted by molar-refractivity contribution is 5.27. The average Bonchev–Trinajstić information content (AvgIpc) is 3.14. The summed E-state index contributed by atoms with van der Waals surface area (Å²) >= 11 is 0. The van der Waals surface area contributed by atoms with Crippen molar-refractivity contribution in [2.24, 2.45) is 5.92 Å². The van der Waals surface area contributed by atoms with Gasteiger partial charge in [0.15, 0.2) is 0 Å². The molecular weight excluding hydrogens is 300 g/mol. The quantitative estimate of drug-likeness (QED) is 0.793. The lowest BCUT2D eigenvalue weighted by atomic mass is 9.96. The Labute approximate surface area is 146 Å². The maximum Gasteiger partial charge on any atom is 0.119 e. The number of likely N-dealkylation sites (tertiary alicyclic amines) is 1. The van der Waals surface area contributed by atoms with E-state index < -0.39 is 0 Å². The van der Waals surface area contributed by atoms with Gasteiger partial charge in [0.2, 0.25) is 0 Å². The number of nitrogens with zero attached hydrogens (tertiary/aromatic N) is 1. The lowest BCUT2D eigenvalue weighted by Crippen LogP contribution is -2.36. The highest BCUT2D eigenvalue weighted by atomic mass is 16.5. The van der Waals surface area contributed by atoms with Crippen molar-refractivity contribution in [2.75, 3.05) is 39.4 Å². The minimum absolute atomic E-state index is 0.285. The third-order valence-corrected chi connectivity index (χ3v) is 5.18. The molecule has 2 fully saturated rings. The van der Waals surface area contributed by atoms with Crippen LogP contribution >= 0.6 is 0 Å². The number of rotatable bonds is 8. The molecule has 0 bridgehead atoms. The summed E-state index contributed by atoms with van der Waals surface area (Å²) in [6.45, 7) is 9.50. The predicted molar refractivity (Wildman–Crippen MR) is 97.5 cm³/mol. The first kappa shape index (κ1) is 17.7. The third-order valence-electron chi connectivity index (χ3n) is 5.18. The molecule has 0 amide bonds. The molecule has 2 heterocycles. The largest absolute Gasteiger partial charge is 0.491 e. The lowest BCUT2D eigenvalue weighted by Gasteiger charge is -2.32. The molecule has 0 spiro atoms. The van der Waals surface area contributed by atoms with E-state index in [9.17, 15) is 0 Å². The highest BCUT2D eigenvalue weighted by Crippen LogP contribution is 2.20. The predicted octanol–water partition coefficient (Wildman–Crippen LogP) is 3.07. The fourth-order valence-corrected chi connectivity index (χ4v) is 3.61. The first-order chi connectivity index (χ1) is 11.8. The van der Waals surface area contributed by atoms with Gasteiger partial charge in [0.25, 0.3) is 0 Å². The second-order valence-corrected chi connectivity index (χ2v) is 7.12. The Bertz CT molecular complexity index is 463. The summed E-state index contributed by atoms with van der Waals surface area (Å²) in [5.74, 6) is 1.81. The molecule has 3 rings (SSSR count). The van der Waals surface area contributed by atoms with Gasteiger partial charge in [0.1, 0.15) is 12.4 Å². The zero-order chi connectivity index (χ0) is 16.6. The van der Waals surface area contributed by atoms with Gasteiger partial charge in [-0.25, -0.2) is 0 Å². The van der Waals surface area contributed by atoms with E-state index >= 15 is 0 Å². The van der Waals surface area contributed by atoms with Crippen LogP contribution in [0, 0.1) is 5.92 Å². The van der Waals surface area contributed by atoms with Gasteiger partial charge in [-0.15, -0.1) is 0 Å². The first-order valence-corrected chi connectivity index (χ1v) is 9.60. The molecule has 4 heteroatoms. The molecule has 1 N–H and O–H groups in total. The monoisotopic (exact) mass is 332 g/mol. The van der Waals surface area contributed by atoms with Crippen LogP contribution < -0.4 is 10.1 Å². The van der Waals surface area contributed by atoms with Crippen molar-refractivity contribution >= 4 is 0 Å². The van der Waals surface area contributed by atoms with Crippen LogP contribution in [0.25, 0.3) is 0 Å². The van der Waals surface area contributed by atoms with E-state index in [4.69, 9.17) is 9.47 Å². The molecule has 24 heavy (non-hydrogen) atoms. The zero-order valence-corrected chi connectivity index (χ0v) is 15.0. The summed E-state index contributed by atoms with van der Waals surface area (Å²) in [6, 6.07) is 8.61. The van der Waals surface area contributed by atoms with E-state index in [0.717, 1.165) is 44.2 Å². The maximum absolute atomic E-state index is 5.84. The summed E-state index contributed by atoms with van der Waals surface area (Å²) in [6.07, 6.45) is 5.21. The van der Waals surface area contributed by atoms with Crippen molar-refractivity contribution in [3.05, 3.63) is 29.8 Å². The molecule has 4 nitrogen and oxygen atoms in total. The number of piperidine rings is 1. The van der Waals surface area contributed by atoms with Crippen LogP contribution in [0.5, 0.6) is 5.75 Å². The Morgan fingerprint density at radius 1 is 1.17 bits per heavy atom. The van der Waals surface area contributed by atoms with Gasteiger partial charge in [0.05, 0.1) is 6.10 Å². The molecule has 1 aromatic carbocycles. The van der Waals surface area contributed by atoms with Crippen LogP contribution in [0.3, 0.4) is 0 Å². The maximum atomic E-state index is 5.84. The Morgan fingerprint density at radius 3 is 2.62 bits per heavy atom.